The van der Waals surface area contributed by atoms with E-state index < -0.39 is 0 Å². The molecule has 0 spiro atoms. The number of thiazole rings is 1. The van der Waals surface area contributed by atoms with Crippen LogP contribution in [-0.4, -0.2) is 28.6 Å². The van der Waals surface area contributed by atoms with Crippen LogP contribution in [-0.2, 0) is 11.3 Å². The highest BCUT2D eigenvalue weighted by atomic mass is 32.1. The summed E-state index contributed by atoms with van der Waals surface area (Å²) in [6.07, 6.45) is 9.16. The predicted octanol–water partition coefficient (Wildman–Crippen LogP) is 2.44. The Hall–Kier alpha value is -0.910. The zero-order chi connectivity index (χ0) is 12.2. The molecule has 4 nitrogen and oxygen atoms in total. The summed E-state index contributed by atoms with van der Waals surface area (Å²) in [5.74, 6) is 0. The van der Waals surface area contributed by atoms with Gasteiger partial charge in [-0.05, 0) is 25.8 Å². The Labute approximate surface area is 111 Å². The van der Waals surface area contributed by atoms with Gasteiger partial charge in [-0.3, -0.25) is 4.40 Å². The third-order valence-corrected chi connectivity index (χ3v) is 4.19. The lowest BCUT2D eigenvalue weighted by Crippen LogP contribution is -2.34. The van der Waals surface area contributed by atoms with E-state index in [1.54, 1.807) is 11.3 Å². The van der Waals surface area contributed by atoms with Crippen molar-refractivity contribution in [2.45, 2.75) is 38.3 Å². The number of nitrogens with zero attached hydrogens (tertiary/aromatic N) is 2. The molecule has 1 atom stereocenters. The highest BCUT2D eigenvalue weighted by Crippen LogP contribution is 2.13. The summed E-state index contributed by atoms with van der Waals surface area (Å²) in [6.45, 7) is 2.62. The molecule has 18 heavy (non-hydrogen) atoms. The molecule has 1 fully saturated rings. The van der Waals surface area contributed by atoms with Crippen molar-refractivity contribution in [1.82, 2.24) is 14.7 Å². The molecule has 2 aromatic heterocycles. The molecule has 1 saturated heterocycles. The Morgan fingerprint density at radius 3 is 3.33 bits per heavy atom. The van der Waals surface area contributed by atoms with E-state index in [0.29, 0.717) is 12.6 Å². The van der Waals surface area contributed by atoms with Gasteiger partial charge in [-0.15, -0.1) is 11.3 Å². The smallest absolute Gasteiger partial charge is 0.193 e. The number of aromatic nitrogens is 2. The molecule has 3 rings (SSSR count). The quantitative estimate of drug-likeness (QED) is 0.844. The van der Waals surface area contributed by atoms with Crippen LogP contribution in [0.1, 0.15) is 31.4 Å². The lowest BCUT2D eigenvalue weighted by molar-refractivity contribution is 0.106. The standard InChI is InChI=1S/C13H19N3OS/c1-2-5-14-11(3-1)4-7-17-10-12-9-16-6-8-18-13(16)15-12/h6,8-9,11,14H,1-5,7,10H2. The number of piperidine rings is 1. The summed E-state index contributed by atoms with van der Waals surface area (Å²) in [6, 6.07) is 0.657. The first kappa shape index (κ1) is 12.1. The summed E-state index contributed by atoms with van der Waals surface area (Å²) < 4.78 is 7.76. The second-order valence-electron chi connectivity index (χ2n) is 4.81. The molecule has 0 radical (unpaired) electrons. The minimum absolute atomic E-state index is 0.626. The first-order valence-corrected chi connectivity index (χ1v) is 7.52. The minimum atomic E-state index is 0.626. The van der Waals surface area contributed by atoms with E-state index in [1.807, 2.05) is 22.2 Å². The van der Waals surface area contributed by atoms with Crippen molar-refractivity contribution in [3.8, 4) is 0 Å². The van der Waals surface area contributed by atoms with E-state index >= 15 is 0 Å². The van der Waals surface area contributed by atoms with Crippen LogP contribution < -0.4 is 5.32 Å². The van der Waals surface area contributed by atoms with Gasteiger partial charge in [0.15, 0.2) is 4.96 Å². The lowest BCUT2D eigenvalue weighted by atomic mass is 10.0. The van der Waals surface area contributed by atoms with Crippen molar-refractivity contribution in [2.75, 3.05) is 13.2 Å². The number of fused-ring (bicyclic) bond motifs is 1. The number of rotatable bonds is 5. The number of ether oxygens (including phenoxy) is 1. The fourth-order valence-corrected chi connectivity index (χ4v) is 3.14. The van der Waals surface area contributed by atoms with E-state index in [1.165, 1.54) is 25.8 Å². The van der Waals surface area contributed by atoms with Crippen molar-refractivity contribution in [3.05, 3.63) is 23.5 Å². The van der Waals surface area contributed by atoms with Crippen molar-refractivity contribution in [1.29, 1.82) is 0 Å². The van der Waals surface area contributed by atoms with E-state index in [0.717, 1.165) is 23.7 Å². The van der Waals surface area contributed by atoms with Crippen LogP contribution in [0.5, 0.6) is 0 Å². The van der Waals surface area contributed by atoms with Crippen LogP contribution in [0.15, 0.2) is 17.8 Å². The highest BCUT2D eigenvalue weighted by molar-refractivity contribution is 7.15. The summed E-state index contributed by atoms with van der Waals surface area (Å²) in [5.41, 5.74) is 1.03. The lowest BCUT2D eigenvalue weighted by Gasteiger charge is -2.23. The van der Waals surface area contributed by atoms with Gasteiger partial charge in [0.05, 0.1) is 12.3 Å². The number of hydrogen-bond donors (Lipinski definition) is 1. The first-order chi connectivity index (χ1) is 8.92. The van der Waals surface area contributed by atoms with Gasteiger partial charge in [-0.2, -0.15) is 0 Å². The van der Waals surface area contributed by atoms with Crippen LogP contribution >= 0.6 is 11.3 Å². The normalized spacial score (nSPS) is 20.6. The summed E-state index contributed by atoms with van der Waals surface area (Å²) in [4.78, 5) is 5.54. The van der Waals surface area contributed by atoms with Crippen LogP contribution in [0.3, 0.4) is 0 Å². The van der Waals surface area contributed by atoms with Gasteiger partial charge < -0.3 is 10.1 Å². The van der Waals surface area contributed by atoms with E-state index in [2.05, 4.69) is 10.3 Å². The Morgan fingerprint density at radius 1 is 1.50 bits per heavy atom. The molecule has 0 bridgehead atoms. The molecular weight excluding hydrogens is 246 g/mol. The van der Waals surface area contributed by atoms with Crippen LogP contribution in [0.4, 0.5) is 0 Å². The van der Waals surface area contributed by atoms with Crippen molar-refractivity contribution in [2.24, 2.45) is 0 Å². The van der Waals surface area contributed by atoms with E-state index in [9.17, 15) is 0 Å². The minimum Gasteiger partial charge on any atom is -0.375 e. The molecule has 0 aliphatic carbocycles. The summed E-state index contributed by atoms with van der Waals surface area (Å²) >= 11 is 1.66. The fraction of sp³-hybridized carbons (Fsp3) is 0.615. The third-order valence-electron chi connectivity index (χ3n) is 3.42. The monoisotopic (exact) mass is 265 g/mol. The van der Waals surface area contributed by atoms with Gasteiger partial charge in [0.1, 0.15) is 0 Å². The molecule has 2 aromatic rings. The highest BCUT2D eigenvalue weighted by Gasteiger charge is 2.11. The zero-order valence-corrected chi connectivity index (χ0v) is 11.3. The van der Waals surface area contributed by atoms with Crippen LogP contribution in [0.25, 0.3) is 4.96 Å². The van der Waals surface area contributed by atoms with Crippen molar-refractivity contribution >= 4 is 16.3 Å². The first-order valence-electron chi connectivity index (χ1n) is 6.64. The molecule has 3 heterocycles. The molecule has 1 aliphatic rings. The topological polar surface area (TPSA) is 38.6 Å². The second-order valence-corrected chi connectivity index (χ2v) is 5.69. The Kier molecular flexibility index (Phi) is 3.93. The molecule has 98 valence electrons. The molecule has 5 heteroatoms. The number of imidazole rings is 1. The maximum atomic E-state index is 5.71. The van der Waals surface area contributed by atoms with Crippen LogP contribution in [0.2, 0.25) is 0 Å². The maximum Gasteiger partial charge on any atom is 0.193 e. The number of hydrogen-bond acceptors (Lipinski definition) is 4. The fourth-order valence-electron chi connectivity index (χ4n) is 2.42. The second kappa shape index (κ2) is 5.82. The van der Waals surface area contributed by atoms with E-state index in [4.69, 9.17) is 4.74 Å². The zero-order valence-electron chi connectivity index (χ0n) is 10.5. The summed E-state index contributed by atoms with van der Waals surface area (Å²) in [5, 5.41) is 5.58. The Morgan fingerprint density at radius 2 is 2.50 bits per heavy atom. The average molecular weight is 265 g/mol. The molecule has 1 N–H and O–H groups in total. The van der Waals surface area contributed by atoms with E-state index in [-0.39, 0.29) is 0 Å². The predicted molar refractivity (Wildman–Crippen MR) is 73.0 cm³/mol. The van der Waals surface area contributed by atoms with Gasteiger partial charge in [0, 0.05) is 30.4 Å². The molecule has 1 aliphatic heterocycles. The van der Waals surface area contributed by atoms with Crippen molar-refractivity contribution < 1.29 is 4.74 Å². The van der Waals surface area contributed by atoms with Gasteiger partial charge in [-0.25, -0.2) is 4.98 Å². The SMILES string of the molecule is c1cn2cc(COCCC3CCCCN3)nc2s1. The molecule has 1 unspecified atom stereocenters. The Bertz CT molecular complexity index is 459. The van der Waals surface area contributed by atoms with Gasteiger partial charge in [0.2, 0.25) is 0 Å². The molecular formula is C13H19N3OS. The van der Waals surface area contributed by atoms with Gasteiger partial charge in [0.25, 0.3) is 0 Å². The largest absolute Gasteiger partial charge is 0.375 e. The summed E-state index contributed by atoms with van der Waals surface area (Å²) in [7, 11) is 0. The average Bonchev–Trinajstić information content (AvgIpc) is 2.96. The maximum absolute atomic E-state index is 5.71. The molecule has 0 saturated carbocycles. The van der Waals surface area contributed by atoms with Gasteiger partial charge >= 0.3 is 0 Å². The molecule has 0 amide bonds. The molecule has 0 aromatic carbocycles. The number of nitrogens with one attached hydrogen (secondary N) is 1. The third kappa shape index (κ3) is 2.91. The van der Waals surface area contributed by atoms with Crippen molar-refractivity contribution in [3.63, 3.8) is 0 Å². The van der Waals surface area contributed by atoms with Gasteiger partial charge in [-0.1, -0.05) is 6.42 Å². The Balaban J connectivity index is 1.40. The van der Waals surface area contributed by atoms with Crippen LogP contribution in [0, 0.1) is 0 Å².